The Morgan fingerprint density at radius 1 is 1.16 bits per heavy atom. The second-order valence-corrected chi connectivity index (χ2v) is 9.38. The lowest BCUT2D eigenvalue weighted by Crippen LogP contribution is -2.38. The van der Waals surface area contributed by atoms with Gasteiger partial charge >= 0.3 is 0 Å². The van der Waals surface area contributed by atoms with E-state index in [2.05, 4.69) is 5.32 Å². The highest BCUT2D eigenvalue weighted by Gasteiger charge is 2.27. The first-order valence-electron chi connectivity index (χ1n) is 9.99. The fourth-order valence-corrected chi connectivity index (χ4v) is 5.02. The Morgan fingerprint density at radius 3 is 2.50 bits per heavy atom. The first-order valence-corrected chi connectivity index (χ1v) is 11.6. The normalized spacial score (nSPS) is 13.8. The molecule has 0 aromatic heterocycles. The average molecular weight is 464 g/mol. The second-order valence-electron chi connectivity index (χ2n) is 7.29. The van der Waals surface area contributed by atoms with Gasteiger partial charge in [0, 0.05) is 37.3 Å². The molecule has 1 N–H and O–H groups in total. The summed E-state index contributed by atoms with van der Waals surface area (Å²) >= 11 is 0. The van der Waals surface area contributed by atoms with Crippen molar-refractivity contribution in [1.82, 2.24) is 9.62 Å². The van der Waals surface area contributed by atoms with Gasteiger partial charge in [0.25, 0.3) is 11.6 Å². The van der Waals surface area contributed by atoms with Gasteiger partial charge in [0.05, 0.1) is 24.9 Å². The molecule has 0 unspecified atom stereocenters. The van der Waals surface area contributed by atoms with Gasteiger partial charge in [-0.3, -0.25) is 14.9 Å². The summed E-state index contributed by atoms with van der Waals surface area (Å²) in [6.07, 6.45) is 0.788. The van der Waals surface area contributed by atoms with Crippen LogP contribution in [0, 0.1) is 10.1 Å². The molecule has 11 heteroatoms. The van der Waals surface area contributed by atoms with Crippen molar-refractivity contribution in [3.63, 3.8) is 0 Å². The summed E-state index contributed by atoms with van der Waals surface area (Å²) < 4.78 is 37.6. The van der Waals surface area contributed by atoms with E-state index < -0.39 is 20.9 Å². The molecule has 32 heavy (non-hydrogen) atoms. The van der Waals surface area contributed by atoms with Crippen LogP contribution >= 0.6 is 0 Å². The number of sulfonamides is 1. The van der Waals surface area contributed by atoms with E-state index in [9.17, 15) is 23.3 Å². The number of fused-ring (bicyclic) bond motifs is 1. The molecule has 0 spiro atoms. The summed E-state index contributed by atoms with van der Waals surface area (Å²) in [6.45, 7) is 0.749. The summed E-state index contributed by atoms with van der Waals surface area (Å²) in [4.78, 5) is 22.4. The van der Waals surface area contributed by atoms with E-state index in [1.165, 1.54) is 35.7 Å². The molecule has 0 bridgehead atoms. The molecule has 0 saturated carbocycles. The van der Waals surface area contributed by atoms with Crippen molar-refractivity contribution in [1.29, 1.82) is 0 Å². The van der Waals surface area contributed by atoms with Crippen molar-refractivity contribution in [2.75, 3.05) is 33.1 Å². The number of nitro benzene ring substituents is 1. The summed E-state index contributed by atoms with van der Waals surface area (Å²) in [7, 11) is -0.433. The van der Waals surface area contributed by atoms with Gasteiger partial charge in [-0.15, -0.1) is 0 Å². The maximum absolute atomic E-state index is 12.8. The van der Waals surface area contributed by atoms with Crippen LogP contribution in [0.15, 0.2) is 36.4 Å². The van der Waals surface area contributed by atoms with E-state index in [1.807, 2.05) is 6.07 Å². The molecule has 0 radical (unpaired) electrons. The van der Waals surface area contributed by atoms with Crippen molar-refractivity contribution in [2.24, 2.45) is 0 Å². The summed E-state index contributed by atoms with van der Waals surface area (Å²) in [6, 6.07) is 9.05. The maximum atomic E-state index is 12.8. The number of amides is 1. The van der Waals surface area contributed by atoms with Gasteiger partial charge in [0.15, 0.2) is 11.5 Å². The number of carbonyl (C=O) groups is 1. The van der Waals surface area contributed by atoms with Crippen LogP contribution in [0.1, 0.15) is 27.9 Å². The fraction of sp³-hybridized carbons (Fsp3) is 0.381. The van der Waals surface area contributed by atoms with Crippen molar-refractivity contribution in [2.45, 2.75) is 19.4 Å². The molecule has 0 aliphatic carbocycles. The molecule has 1 aliphatic rings. The Bertz CT molecular complexity index is 1120. The Morgan fingerprint density at radius 2 is 1.84 bits per heavy atom. The minimum absolute atomic E-state index is 0.120. The molecule has 10 nitrogen and oxygen atoms in total. The van der Waals surface area contributed by atoms with E-state index in [0.29, 0.717) is 24.5 Å². The van der Waals surface area contributed by atoms with Gasteiger partial charge in [-0.2, -0.15) is 4.31 Å². The maximum Gasteiger partial charge on any atom is 0.270 e. The van der Waals surface area contributed by atoms with Crippen LogP contribution in [0.3, 0.4) is 0 Å². The van der Waals surface area contributed by atoms with Crippen molar-refractivity contribution in [3.05, 3.63) is 63.2 Å². The van der Waals surface area contributed by atoms with Gasteiger partial charge in [0.1, 0.15) is 0 Å². The first kappa shape index (κ1) is 23.5. The monoisotopic (exact) mass is 463 g/mol. The van der Waals surface area contributed by atoms with Gasteiger partial charge < -0.3 is 14.8 Å². The molecular formula is C21H25N3O7S. The van der Waals surface area contributed by atoms with Crippen molar-refractivity contribution < 1.29 is 27.6 Å². The van der Waals surface area contributed by atoms with Gasteiger partial charge in [-0.05, 0) is 42.2 Å². The predicted molar refractivity (Wildman–Crippen MR) is 117 cm³/mol. The van der Waals surface area contributed by atoms with Crippen LogP contribution in [0.2, 0.25) is 0 Å². The number of carbonyl (C=O) groups excluding carboxylic acids is 1. The van der Waals surface area contributed by atoms with E-state index in [1.54, 1.807) is 13.2 Å². The molecule has 172 valence electrons. The van der Waals surface area contributed by atoms with Crippen LogP contribution in [0.25, 0.3) is 0 Å². The van der Waals surface area contributed by atoms with E-state index in [-0.39, 0.29) is 36.5 Å². The minimum Gasteiger partial charge on any atom is -0.493 e. The summed E-state index contributed by atoms with van der Waals surface area (Å²) in [5.41, 5.74) is 1.87. The van der Waals surface area contributed by atoms with Gasteiger partial charge in [0.2, 0.25) is 10.0 Å². The lowest BCUT2D eigenvalue weighted by atomic mass is 10.0. The number of methoxy groups -OCH3 is 2. The molecule has 2 aromatic carbocycles. The Labute approximate surface area is 186 Å². The van der Waals surface area contributed by atoms with Crippen LogP contribution in [0.5, 0.6) is 11.5 Å². The van der Waals surface area contributed by atoms with Crippen LogP contribution < -0.4 is 14.8 Å². The molecule has 0 saturated heterocycles. The standard InChI is InChI=1S/C21H25N3O7S/c1-30-19-12-15-7-9-23(14-17(15)13-20(19)31-2)32(28,29)10-4-8-22-21(25)16-5-3-6-18(11-16)24(26)27/h3,5-6,11-13H,4,7-10,14H2,1-2H3,(H,22,25). The number of non-ortho nitro benzene ring substituents is 1. The fourth-order valence-electron chi connectivity index (χ4n) is 3.54. The van der Waals surface area contributed by atoms with E-state index in [4.69, 9.17) is 9.47 Å². The highest BCUT2D eigenvalue weighted by Crippen LogP contribution is 2.33. The Kier molecular flexibility index (Phi) is 7.31. The molecule has 1 aliphatic heterocycles. The SMILES string of the molecule is COc1cc2c(cc1OC)CN(S(=O)(=O)CCCNC(=O)c1cccc([N+](=O)[O-])c1)CC2. The molecule has 0 fully saturated rings. The number of hydrogen-bond donors (Lipinski definition) is 1. The molecular weight excluding hydrogens is 438 g/mol. The number of nitrogens with one attached hydrogen (secondary N) is 1. The summed E-state index contributed by atoms with van der Waals surface area (Å²) in [5.74, 6) is 0.556. The third-order valence-electron chi connectivity index (χ3n) is 5.26. The highest BCUT2D eigenvalue weighted by atomic mass is 32.2. The minimum atomic E-state index is -3.52. The average Bonchev–Trinajstić information content (AvgIpc) is 2.80. The highest BCUT2D eigenvalue weighted by molar-refractivity contribution is 7.89. The van der Waals surface area contributed by atoms with Crippen LogP contribution in [-0.4, -0.2) is 56.6 Å². The second kappa shape index (κ2) is 9.96. The Balaban J connectivity index is 1.55. The number of hydrogen-bond acceptors (Lipinski definition) is 7. The third kappa shape index (κ3) is 5.35. The first-order chi connectivity index (χ1) is 15.2. The molecule has 1 heterocycles. The lowest BCUT2D eigenvalue weighted by Gasteiger charge is -2.29. The van der Waals surface area contributed by atoms with Crippen LogP contribution in [0.4, 0.5) is 5.69 Å². The van der Waals surface area contributed by atoms with Crippen LogP contribution in [-0.2, 0) is 23.0 Å². The molecule has 1 amide bonds. The topological polar surface area (TPSA) is 128 Å². The Hall–Kier alpha value is -3.18. The predicted octanol–water partition coefficient (Wildman–Crippen LogP) is 2.12. The number of benzene rings is 2. The largest absolute Gasteiger partial charge is 0.493 e. The molecule has 2 aromatic rings. The van der Waals surface area contributed by atoms with Gasteiger partial charge in [-0.25, -0.2) is 8.42 Å². The van der Waals surface area contributed by atoms with Gasteiger partial charge in [-0.1, -0.05) is 6.07 Å². The number of ether oxygens (including phenoxy) is 2. The quantitative estimate of drug-likeness (QED) is 0.343. The molecule has 0 atom stereocenters. The zero-order valence-electron chi connectivity index (χ0n) is 17.9. The molecule has 3 rings (SSSR count). The number of nitrogens with zero attached hydrogens (tertiary/aromatic N) is 2. The smallest absolute Gasteiger partial charge is 0.270 e. The third-order valence-corrected chi connectivity index (χ3v) is 7.16. The van der Waals surface area contributed by atoms with Crippen molar-refractivity contribution in [3.8, 4) is 11.5 Å². The number of nitro groups is 1. The summed E-state index contributed by atoms with van der Waals surface area (Å²) in [5, 5.41) is 13.4. The number of rotatable bonds is 9. The van der Waals surface area contributed by atoms with Crippen molar-refractivity contribution >= 4 is 21.6 Å². The van der Waals surface area contributed by atoms with E-state index in [0.717, 1.165) is 11.1 Å². The zero-order valence-corrected chi connectivity index (χ0v) is 18.7. The zero-order chi connectivity index (χ0) is 23.3. The lowest BCUT2D eigenvalue weighted by molar-refractivity contribution is -0.384. The van der Waals surface area contributed by atoms with E-state index >= 15 is 0 Å².